The van der Waals surface area contributed by atoms with Crippen molar-refractivity contribution in [2.24, 2.45) is 0 Å². The van der Waals surface area contributed by atoms with E-state index in [1.54, 1.807) is 24.3 Å². The Hall–Kier alpha value is -2.91. The minimum Gasteiger partial charge on any atom is -0.468 e. The Morgan fingerprint density at radius 1 is 1.07 bits per heavy atom. The second-order valence-corrected chi connectivity index (χ2v) is 8.49. The summed E-state index contributed by atoms with van der Waals surface area (Å²) < 4.78 is 27.9. The van der Waals surface area contributed by atoms with Crippen LogP contribution in [0.5, 0.6) is 0 Å². The SMILES string of the molecule is COC(=O)CNC(=O)Cc1ccc(NC(=O)c2ccc(Cl)c(S(C)(=O)=O)c2)cc1. The van der Waals surface area contributed by atoms with Crippen molar-refractivity contribution in [3.8, 4) is 0 Å². The maximum atomic E-state index is 12.4. The molecular weight excluding hydrogens is 420 g/mol. The predicted molar refractivity (Wildman–Crippen MR) is 108 cm³/mol. The number of carbonyl (C=O) groups is 3. The molecule has 0 spiro atoms. The molecule has 2 amide bonds. The van der Waals surface area contributed by atoms with Gasteiger partial charge in [0.1, 0.15) is 6.54 Å². The molecule has 0 bridgehead atoms. The van der Waals surface area contributed by atoms with Gasteiger partial charge >= 0.3 is 5.97 Å². The number of hydrogen-bond donors (Lipinski definition) is 2. The molecule has 0 fully saturated rings. The molecule has 0 heterocycles. The molecule has 154 valence electrons. The van der Waals surface area contributed by atoms with Crippen LogP contribution >= 0.6 is 11.6 Å². The van der Waals surface area contributed by atoms with Gasteiger partial charge in [-0.3, -0.25) is 14.4 Å². The first-order chi connectivity index (χ1) is 13.6. The summed E-state index contributed by atoms with van der Waals surface area (Å²) in [6.45, 7) is -0.208. The zero-order valence-corrected chi connectivity index (χ0v) is 17.3. The van der Waals surface area contributed by atoms with Crippen LogP contribution in [-0.2, 0) is 30.6 Å². The van der Waals surface area contributed by atoms with E-state index >= 15 is 0 Å². The zero-order valence-electron chi connectivity index (χ0n) is 15.7. The van der Waals surface area contributed by atoms with Gasteiger partial charge in [0.2, 0.25) is 5.91 Å². The number of esters is 1. The van der Waals surface area contributed by atoms with E-state index in [-0.39, 0.29) is 34.4 Å². The minimum atomic E-state index is -3.57. The number of halogens is 1. The van der Waals surface area contributed by atoms with Crippen molar-refractivity contribution in [2.75, 3.05) is 25.2 Å². The van der Waals surface area contributed by atoms with Gasteiger partial charge in [0, 0.05) is 17.5 Å². The molecule has 0 saturated carbocycles. The number of anilines is 1. The first-order valence-corrected chi connectivity index (χ1v) is 10.6. The van der Waals surface area contributed by atoms with Gasteiger partial charge in [-0.05, 0) is 35.9 Å². The molecule has 0 aliphatic heterocycles. The maximum Gasteiger partial charge on any atom is 0.325 e. The van der Waals surface area contributed by atoms with Crippen LogP contribution in [0.25, 0.3) is 0 Å². The average Bonchev–Trinajstić information content (AvgIpc) is 2.67. The first kappa shape index (κ1) is 22.4. The molecule has 0 aliphatic rings. The summed E-state index contributed by atoms with van der Waals surface area (Å²) in [7, 11) is -2.34. The fraction of sp³-hybridized carbons (Fsp3) is 0.211. The van der Waals surface area contributed by atoms with Crippen LogP contribution in [0.2, 0.25) is 5.02 Å². The Balaban J connectivity index is 2.02. The fourth-order valence-electron chi connectivity index (χ4n) is 2.33. The van der Waals surface area contributed by atoms with Crippen LogP contribution in [0.3, 0.4) is 0 Å². The maximum absolute atomic E-state index is 12.4. The summed E-state index contributed by atoms with van der Waals surface area (Å²) in [6, 6.07) is 10.5. The van der Waals surface area contributed by atoms with E-state index in [0.717, 1.165) is 6.26 Å². The number of methoxy groups -OCH3 is 1. The summed E-state index contributed by atoms with van der Waals surface area (Å²) in [6.07, 6.45) is 1.07. The summed E-state index contributed by atoms with van der Waals surface area (Å²) in [5.74, 6) is -1.39. The average molecular weight is 439 g/mol. The molecule has 2 aromatic carbocycles. The lowest BCUT2D eigenvalue weighted by Crippen LogP contribution is -2.31. The van der Waals surface area contributed by atoms with Crippen molar-refractivity contribution >= 4 is 44.9 Å². The van der Waals surface area contributed by atoms with Crippen LogP contribution < -0.4 is 10.6 Å². The third-order valence-electron chi connectivity index (χ3n) is 3.83. The first-order valence-electron chi connectivity index (χ1n) is 8.33. The van der Waals surface area contributed by atoms with E-state index in [0.29, 0.717) is 11.3 Å². The van der Waals surface area contributed by atoms with Crippen LogP contribution in [-0.4, -0.2) is 46.1 Å². The number of sulfone groups is 1. The second-order valence-electron chi connectivity index (χ2n) is 6.10. The van der Waals surface area contributed by atoms with Crippen molar-refractivity contribution < 1.29 is 27.5 Å². The normalized spacial score (nSPS) is 10.9. The molecule has 0 radical (unpaired) electrons. The molecule has 0 atom stereocenters. The number of carbonyl (C=O) groups excluding carboxylic acids is 3. The largest absolute Gasteiger partial charge is 0.468 e. The number of rotatable bonds is 7. The topological polar surface area (TPSA) is 119 Å². The molecule has 2 rings (SSSR count). The third kappa shape index (κ3) is 6.58. The Labute approximate surface area is 173 Å². The summed E-state index contributed by atoms with van der Waals surface area (Å²) >= 11 is 5.88. The van der Waals surface area contributed by atoms with E-state index in [1.165, 1.54) is 25.3 Å². The molecule has 0 aromatic heterocycles. The van der Waals surface area contributed by atoms with Gasteiger partial charge in [-0.2, -0.15) is 0 Å². The Morgan fingerprint density at radius 2 is 1.72 bits per heavy atom. The standard InChI is InChI=1S/C19H19ClN2O6S/c1-28-18(24)11-21-17(23)9-12-3-6-14(7-4-12)22-19(25)13-5-8-15(20)16(10-13)29(2,26)27/h3-8,10H,9,11H2,1-2H3,(H,21,23)(H,22,25). The smallest absolute Gasteiger partial charge is 0.325 e. The lowest BCUT2D eigenvalue weighted by Gasteiger charge is -2.09. The van der Waals surface area contributed by atoms with Crippen molar-refractivity contribution in [3.63, 3.8) is 0 Å². The molecular formula is C19H19ClN2O6S. The molecule has 2 N–H and O–H groups in total. The van der Waals surface area contributed by atoms with Gasteiger partial charge in [0.05, 0.1) is 23.4 Å². The van der Waals surface area contributed by atoms with Crippen LogP contribution in [0.4, 0.5) is 5.69 Å². The summed E-state index contributed by atoms with van der Waals surface area (Å²) in [4.78, 5) is 35.0. The van der Waals surface area contributed by atoms with E-state index in [4.69, 9.17) is 11.6 Å². The molecule has 29 heavy (non-hydrogen) atoms. The van der Waals surface area contributed by atoms with E-state index in [9.17, 15) is 22.8 Å². The van der Waals surface area contributed by atoms with Crippen molar-refractivity contribution in [3.05, 3.63) is 58.6 Å². The molecule has 8 nitrogen and oxygen atoms in total. The highest BCUT2D eigenvalue weighted by Crippen LogP contribution is 2.23. The minimum absolute atomic E-state index is 0.0406. The number of hydrogen-bond acceptors (Lipinski definition) is 6. The van der Waals surface area contributed by atoms with E-state index in [2.05, 4.69) is 15.4 Å². The highest BCUT2D eigenvalue weighted by Gasteiger charge is 2.16. The van der Waals surface area contributed by atoms with Crippen LogP contribution in [0.15, 0.2) is 47.4 Å². The van der Waals surface area contributed by atoms with Gasteiger partial charge in [-0.1, -0.05) is 23.7 Å². The lowest BCUT2D eigenvalue weighted by molar-refractivity contribution is -0.141. The van der Waals surface area contributed by atoms with Gasteiger partial charge in [-0.25, -0.2) is 8.42 Å². The Kier molecular flexibility index (Phi) is 7.35. The summed E-state index contributed by atoms with van der Waals surface area (Å²) in [5.41, 5.74) is 1.28. The molecule has 2 aromatic rings. The predicted octanol–water partition coefficient (Wildman–Crippen LogP) is 1.83. The van der Waals surface area contributed by atoms with Crippen molar-refractivity contribution in [1.29, 1.82) is 0 Å². The molecule has 0 aliphatic carbocycles. The third-order valence-corrected chi connectivity index (χ3v) is 5.41. The Bertz CT molecular complexity index is 1040. The van der Waals surface area contributed by atoms with Crippen molar-refractivity contribution in [2.45, 2.75) is 11.3 Å². The molecule has 0 unspecified atom stereocenters. The fourth-order valence-corrected chi connectivity index (χ4v) is 3.63. The summed E-state index contributed by atoms with van der Waals surface area (Å²) in [5, 5.41) is 5.12. The van der Waals surface area contributed by atoms with Gasteiger partial charge in [0.25, 0.3) is 5.91 Å². The van der Waals surface area contributed by atoms with Gasteiger partial charge in [-0.15, -0.1) is 0 Å². The monoisotopic (exact) mass is 438 g/mol. The number of benzene rings is 2. The highest BCUT2D eigenvalue weighted by molar-refractivity contribution is 7.90. The lowest BCUT2D eigenvalue weighted by atomic mass is 10.1. The number of amides is 2. The number of nitrogens with one attached hydrogen (secondary N) is 2. The molecule has 10 heteroatoms. The van der Waals surface area contributed by atoms with E-state index < -0.39 is 21.7 Å². The van der Waals surface area contributed by atoms with Crippen molar-refractivity contribution in [1.82, 2.24) is 5.32 Å². The highest BCUT2D eigenvalue weighted by atomic mass is 35.5. The van der Waals surface area contributed by atoms with Gasteiger partial charge in [0.15, 0.2) is 9.84 Å². The zero-order chi connectivity index (χ0) is 21.6. The van der Waals surface area contributed by atoms with Gasteiger partial charge < -0.3 is 15.4 Å². The van der Waals surface area contributed by atoms with Crippen LogP contribution in [0, 0.1) is 0 Å². The second kappa shape index (κ2) is 9.53. The molecule has 0 saturated heterocycles. The van der Waals surface area contributed by atoms with Crippen LogP contribution in [0.1, 0.15) is 15.9 Å². The number of ether oxygens (including phenoxy) is 1. The Morgan fingerprint density at radius 3 is 2.31 bits per heavy atom. The van der Waals surface area contributed by atoms with E-state index in [1.807, 2.05) is 0 Å². The quantitative estimate of drug-likeness (QED) is 0.636.